The van der Waals surface area contributed by atoms with Crippen molar-refractivity contribution in [3.8, 4) is 0 Å². The maximum atomic E-state index is 12.4. The summed E-state index contributed by atoms with van der Waals surface area (Å²) in [5.74, 6) is 1.53. The van der Waals surface area contributed by atoms with Gasteiger partial charge < -0.3 is 15.4 Å². The molecule has 1 aromatic heterocycles. The molecule has 1 saturated carbocycles. The van der Waals surface area contributed by atoms with Crippen LogP contribution in [0.1, 0.15) is 53.4 Å². The second kappa shape index (κ2) is 11.3. The molecule has 0 radical (unpaired) electrons. The van der Waals surface area contributed by atoms with E-state index in [1.807, 2.05) is 0 Å². The van der Waals surface area contributed by atoms with Crippen LogP contribution in [0.5, 0.6) is 0 Å². The van der Waals surface area contributed by atoms with E-state index in [9.17, 15) is 19.2 Å². The smallest absolute Gasteiger partial charge is 0.332 e. The summed E-state index contributed by atoms with van der Waals surface area (Å²) in [5.41, 5.74) is -0.857. The second-order valence-electron chi connectivity index (χ2n) is 9.32. The maximum Gasteiger partial charge on any atom is 0.332 e. The highest BCUT2D eigenvalue weighted by atomic mass is 16.5. The van der Waals surface area contributed by atoms with Crippen molar-refractivity contribution in [2.24, 2.45) is 37.8 Å². The van der Waals surface area contributed by atoms with Crippen molar-refractivity contribution in [2.75, 3.05) is 18.4 Å². The lowest BCUT2D eigenvalue weighted by atomic mass is 9.70. The highest BCUT2D eigenvalue weighted by Gasteiger charge is 2.38. The maximum absolute atomic E-state index is 12.4. The van der Waals surface area contributed by atoms with Gasteiger partial charge in [0.15, 0.2) is 0 Å². The average Bonchev–Trinajstić information content (AvgIpc) is 2.73. The van der Waals surface area contributed by atoms with Crippen LogP contribution in [-0.2, 0) is 28.4 Å². The normalized spacial score (nSPS) is 23.1. The van der Waals surface area contributed by atoms with E-state index in [1.165, 1.54) is 17.7 Å². The SMILES string of the molecule is CC(C)C1CCC(C)C(C)C1OC(=O)CCNC(=O)CCNc1cc(=O)n(C)c(=O)n1C. The minimum Gasteiger partial charge on any atom is -0.462 e. The molecule has 1 aromatic rings. The molecule has 0 aromatic carbocycles. The number of ether oxygens (including phenoxy) is 1. The van der Waals surface area contributed by atoms with Crippen molar-refractivity contribution < 1.29 is 14.3 Å². The first kappa shape index (κ1) is 25.7. The Hall–Kier alpha value is -2.58. The van der Waals surface area contributed by atoms with Crippen molar-refractivity contribution in [2.45, 2.75) is 59.5 Å². The molecule has 0 aliphatic heterocycles. The van der Waals surface area contributed by atoms with Crippen LogP contribution in [0.2, 0.25) is 0 Å². The van der Waals surface area contributed by atoms with Crippen LogP contribution >= 0.6 is 0 Å². The molecule has 1 fully saturated rings. The van der Waals surface area contributed by atoms with Gasteiger partial charge in [0, 0.05) is 39.7 Å². The van der Waals surface area contributed by atoms with Crippen LogP contribution in [0.3, 0.4) is 0 Å². The van der Waals surface area contributed by atoms with Crippen molar-refractivity contribution >= 4 is 17.7 Å². The number of amides is 1. The third-order valence-corrected chi connectivity index (χ3v) is 6.75. The summed E-state index contributed by atoms with van der Waals surface area (Å²) in [4.78, 5) is 48.1. The number of hydrogen-bond donors (Lipinski definition) is 2. The fourth-order valence-electron chi connectivity index (χ4n) is 4.31. The average molecular weight is 451 g/mol. The van der Waals surface area contributed by atoms with Crippen LogP contribution in [0, 0.1) is 23.7 Å². The molecule has 1 heterocycles. The number of aromatic nitrogens is 2. The number of nitrogens with zero attached hydrogens (tertiary/aromatic N) is 2. The van der Waals surface area contributed by atoms with Crippen molar-refractivity contribution in [3.63, 3.8) is 0 Å². The molecule has 4 unspecified atom stereocenters. The van der Waals surface area contributed by atoms with Gasteiger partial charge in [0.1, 0.15) is 11.9 Å². The van der Waals surface area contributed by atoms with E-state index in [2.05, 4.69) is 38.3 Å². The molecule has 180 valence electrons. The summed E-state index contributed by atoms with van der Waals surface area (Å²) in [5, 5.41) is 5.65. The van der Waals surface area contributed by atoms with Crippen LogP contribution < -0.4 is 21.9 Å². The minimum absolute atomic E-state index is 0.0728. The van der Waals surface area contributed by atoms with Gasteiger partial charge in [-0.3, -0.25) is 23.5 Å². The van der Waals surface area contributed by atoms with Gasteiger partial charge in [-0.25, -0.2) is 4.79 Å². The predicted octanol–water partition coefficient (Wildman–Crippen LogP) is 1.64. The van der Waals surface area contributed by atoms with E-state index < -0.39 is 11.2 Å². The fourth-order valence-corrected chi connectivity index (χ4v) is 4.31. The second-order valence-corrected chi connectivity index (χ2v) is 9.32. The van der Waals surface area contributed by atoms with Gasteiger partial charge in [-0.05, 0) is 36.5 Å². The first-order valence-electron chi connectivity index (χ1n) is 11.5. The first-order chi connectivity index (χ1) is 15.0. The van der Waals surface area contributed by atoms with E-state index in [1.54, 1.807) is 7.05 Å². The third-order valence-electron chi connectivity index (χ3n) is 6.75. The fraction of sp³-hybridized carbons (Fsp3) is 0.739. The molecule has 9 nitrogen and oxygen atoms in total. The Morgan fingerprint density at radius 2 is 1.78 bits per heavy atom. The minimum atomic E-state index is -0.440. The van der Waals surface area contributed by atoms with Crippen molar-refractivity contribution in [1.82, 2.24) is 14.5 Å². The van der Waals surface area contributed by atoms with Crippen molar-refractivity contribution in [3.05, 3.63) is 26.9 Å². The number of carbonyl (C=O) groups is 2. The molecule has 1 amide bonds. The van der Waals surface area contributed by atoms with Gasteiger partial charge in [0.25, 0.3) is 5.56 Å². The standard InChI is InChI=1S/C23H38N4O5/c1-14(2)17-8-7-15(3)16(4)22(17)32-21(30)10-12-25-19(28)9-11-24-18-13-20(29)27(6)23(31)26(18)5/h13-17,22,24H,7-12H2,1-6H3,(H,25,28). The van der Waals surface area contributed by atoms with Gasteiger partial charge >= 0.3 is 11.7 Å². The van der Waals surface area contributed by atoms with Gasteiger partial charge in [0.2, 0.25) is 5.91 Å². The number of hydrogen-bond acceptors (Lipinski definition) is 6. The number of anilines is 1. The molecular formula is C23H38N4O5. The van der Waals surface area contributed by atoms with E-state index in [4.69, 9.17) is 4.74 Å². The predicted molar refractivity (Wildman–Crippen MR) is 123 cm³/mol. The molecule has 2 N–H and O–H groups in total. The summed E-state index contributed by atoms with van der Waals surface area (Å²) in [6.45, 7) is 9.18. The Balaban J connectivity index is 1.75. The topological polar surface area (TPSA) is 111 Å². The molecule has 1 aliphatic rings. The Bertz CT molecular complexity index is 920. The van der Waals surface area contributed by atoms with E-state index >= 15 is 0 Å². The van der Waals surface area contributed by atoms with Crippen LogP contribution in [0.4, 0.5) is 5.82 Å². The molecule has 9 heteroatoms. The lowest BCUT2D eigenvalue weighted by Crippen LogP contribution is -2.42. The van der Waals surface area contributed by atoms with E-state index in [0.29, 0.717) is 29.5 Å². The van der Waals surface area contributed by atoms with E-state index in [-0.39, 0.29) is 43.9 Å². The Morgan fingerprint density at radius 3 is 2.44 bits per heavy atom. The molecule has 2 rings (SSSR count). The molecule has 0 saturated heterocycles. The monoisotopic (exact) mass is 450 g/mol. The van der Waals surface area contributed by atoms with Crippen molar-refractivity contribution in [1.29, 1.82) is 0 Å². The molecule has 32 heavy (non-hydrogen) atoms. The molecular weight excluding hydrogens is 412 g/mol. The first-order valence-corrected chi connectivity index (χ1v) is 11.5. The largest absolute Gasteiger partial charge is 0.462 e. The third kappa shape index (κ3) is 6.46. The van der Waals surface area contributed by atoms with Gasteiger partial charge in [-0.15, -0.1) is 0 Å². The Kier molecular flexibility index (Phi) is 9.09. The Morgan fingerprint density at radius 1 is 1.09 bits per heavy atom. The van der Waals surface area contributed by atoms with Gasteiger partial charge in [-0.1, -0.05) is 27.7 Å². The van der Waals surface area contributed by atoms with Crippen LogP contribution in [0.15, 0.2) is 15.7 Å². The number of esters is 1. The summed E-state index contributed by atoms with van der Waals surface area (Å²) < 4.78 is 8.17. The zero-order valence-electron chi connectivity index (χ0n) is 20.1. The quantitative estimate of drug-likeness (QED) is 0.553. The van der Waals surface area contributed by atoms with Crippen LogP contribution in [-0.4, -0.2) is 40.2 Å². The zero-order valence-corrected chi connectivity index (χ0v) is 20.1. The lowest BCUT2D eigenvalue weighted by molar-refractivity contribution is -0.160. The summed E-state index contributed by atoms with van der Waals surface area (Å²) in [6.07, 6.45) is 2.43. The molecule has 1 aliphatic carbocycles. The number of nitrogens with one attached hydrogen (secondary N) is 2. The molecule has 0 bridgehead atoms. The highest BCUT2D eigenvalue weighted by Crippen LogP contribution is 2.39. The number of carbonyl (C=O) groups excluding carboxylic acids is 2. The van der Waals surface area contributed by atoms with E-state index in [0.717, 1.165) is 17.4 Å². The molecule has 0 spiro atoms. The summed E-state index contributed by atoms with van der Waals surface area (Å²) >= 11 is 0. The Labute approximate surface area is 189 Å². The highest BCUT2D eigenvalue weighted by molar-refractivity contribution is 5.77. The lowest BCUT2D eigenvalue weighted by Gasteiger charge is -2.41. The number of rotatable bonds is 9. The molecule has 4 atom stereocenters. The summed E-state index contributed by atoms with van der Waals surface area (Å²) in [7, 11) is 2.96. The summed E-state index contributed by atoms with van der Waals surface area (Å²) in [6, 6.07) is 1.31. The van der Waals surface area contributed by atoms with Gasteiger partial charge in [0.05, 0.1) is 6.42 Å². The zero-order chi connectivity index (χ0) is 24.0. The van der Waals surface area contributed by atoms with Gasteiger partial charge in [-0.2, -0.15) is 0 Å². The van der Waals surface area contributed by atoms with Crippen LogP contribution in [0.25, 0.3) is 0 Å².